The maximum absolute atomic E-state index is 12.9. The van der Waals surface area contributed by atoms with Crippen molar-refractivity contribution in [1.82, 2.24) is 15.0 Å². The van der Waals surface area contributed by atoms with Crippen LogP contribution in [0.3, 0.4) is 0 Å². The van der Waals surface area contributed by atoms with Crippen LogP contribution in [-0.2, 0) is 32.0 Å². The summed E-state index contributed by atoms with van der Waals surface area (Å²) in [7, 11) is 0. The number of benzene rings is 1. The summed E-state index contributed by atoms with van der Waals surface area (Å²) in [5.74, 6) is 0.666. The Morgan fingerprint density at radius 2 is 1.62 bits per heavy atom. The quantitative estimate of drug-likeness (QED) is 0.322. The van der Waals surface area contributed by atoms with E-state index in [9.17, 15) is 9.90 Å². The highest BCUT2D eigenvalue weighted by Gasteiger charge is 2.38. The molecule has 0 aliphatic carbocycles. The first-order chi connectivity index (χ1) is 23.8. The number of nitrogens with zero attached hydrogens (tertiary/aromatic N) is 6. The lowest BCUT2D eigenvalue weighted by atomic mass is 9.81. The monoisotopic (exact) mass is 684 g/mol. The Labute approximate surface area is 296 Å². The molecule has 11 nitrogen and oxygen atoms in total. The van der Waals surface area contributed by atoms with Crippen LogP contribution in [0, 0.1) is 19.3 Å². The highest BCUT2D eigenvalue weighted by Crippen LogP contribution is 2.45. The Bertz CT molecular complexity index is 1720. The van der Waals surface area contributed by atoms with Gasteiger partial charge in [-0.25, -0.2) is 9.78 Å². The lowest BCUT2D eigenvalue weighted by Crippen LogP contribution is -2.60. The maximum atomic E-state index is 12.9. The van der Waals surface area contributed by atoms with E-state index in [0.29, 0.717) is 44.2 Å². The van der Waals surface area contributed by atoms with E-state index in [4.69, 9.17) is 29.2 Å². The Morgan fingerprint density at radius 1 is 0.940 bits per heavy atom. The van der Waals surface area contributed by atoms with Crippen molar-refractivity contribution in [2.75, 3.05) is 60.8 Å². The molecule has 1 atom stereocenters. The molecular weight excluding hydrogens is 632 g/mol. The number of rotatable bonds is 7. The van der Waals surface area contributed by atoms with Crippen molar-refractivity contribution >= 4 is 23.4 Å². The molecule has 3 saturated heterocycles. The molecule has 1 aromatic carbocycles. The number of aliphatic carboxylic acids is 1. The molecule has 0 radical (unpaired) electrons. The van der Waals surface area contributed by atoms with E-state index in [1.807, 2.05) is 46.9 Å². The molecule has 4 aliphatic heterocycles. The van der Waals surface area contributed by atoms with Crippen molar-refractivity contribution in [2.24, 2.45) is 5.41 Å². The van der Waals surface area contributed by atoms with Gasteiger partial charge in [0.15, 0.2) is 6.10 Å². The number of fused-ring (bicyclic) bond motifs is 3. The van der Waals surface area contributed by atoms with E-state index in [0.717, 1.165) is 73.2 Å². The Balaban J connectivity index is 1.23. The minimum absolute atomic E-state index is 0.165. The fourth-order valence-electron chi connectivity index (χ4n) is 8.04. The zero-order chi connectivity index (χ0) is 35.4. The third-order valence-corrected chi connectivity index (χ3v) is 10.7. The van der Waals surface area contributed by atoms with Crippen LogP contribution in [0.5, 0.6) is 0 Å². The topological polar surface area (TPSA) is 113 Å². The second kappa shape index (κ2) is 13.4. The molecule has 3 aromatic rings. The summed E-state index contributed by atoms with van der Waals surface area (Å²) in [5.41, 5.74) is 7.35. The number of ether oxygens (including phenoxy) is 3. The van der Waals surface area contributed by atoms with Gasteiger partial charge < -0.3 is 34.0 Å². The largest absolute Gasteiger partial charge is 0.479 e. The molecule has 0 spiro atoms. The van der Waals surface area contributed by atoms with E-state index in [2.05, 4.69) is 46.7 Å². The average Bonchev–Trinajstić information content (AvgIpc) is 3.06. The number of carboxylic acids is 1. The summed E-state index contributed by atoms with van der Waals surface area (Å²) in [6.07, 6.45) is 3.61. The molecule has 4 aliphatic rings. The van der Waals surface area contributed by atoms with Gasteiger partial charge in [0.05, 0.1) is 49.8 Å². The second-order valence-electron chi connectivity index (χ2n) is 16.2. The Morgan fingerprint density at radius 3 is 2.26 bits per heavy atom. The lowest BCUT2D eigenvalue weighted by molar-refractivity contribution is -0.160. The average molecular weight is 685 g/mol. The van der Waals surface area contributed by atoms with Crippen LogP contribution in [0.1, 0.15) is 81.6 Å². The van der Waals surface area contributed by atoms with Gasteiger partial charge in [-0.15, -0.1) is 0 Å². The molecule has 3 fully saturated rings. The normalized spacial score (nSPS) is 22.7. The van der Waals surface area contributed by atoms with Crippen molar-refractivity contribution in [3.63, 3.8) is 0 Å². The molecule has 6 heterocycles. The van der Waals surface area contributed by atoms with Crippen molar-refractivity contribution in [3.05, 3.63) is 58.5 Å². The first kappa shape index (κ1) is 34.6. The van der Waals surface area contributed by atoms with Crippen molar-refractivity contribution in [2.45, 2.75) is 98.1 Å². The van der Waals surface area contributed by atoms with Crippen molar-refractivity contribution < 1.29 is 24.1 Å². The number of pyridine rings is 1. The fourth-order valence-corrected chi connectivity index (χ4v) is 8.04. The van der Waals surface area contributed by atoms with Crippen LogP contribution >= 0.6 is 0 Å². The van der Waals surface area contributed by atoms with E-state index in [-0.39, 0.29) is 17.5 Å². The Kier molecular flexibility index (Phi) is 9.28. The van der Waals surface area contributed by atoms with Gasteiger partial charge in [0, 0.05) is 54.9 Å². The smallest absolute Gasteiger partial charge is 0.337 e. The van der Waals surface area contributed by atoms with E-state index in [1.165, 1.54) is 11.1 Å². The highest BCUT2D eigenvalue weighted by molar-refractivity contribution is 5.88. The minimum Gasteiger partial charge on any atom is -0.479 e. The minimum atomic E-state index is -1.14. The zero-order valence-corrected chi connectivity index (χ0v) is 30.7. The molecule has 7 rings (SSSR count). The van der Waals surface area contributed by atoms with Gasteiger partial charge in [-0.3, -0.25) is 4.98 Å². The summed E-state index contributed by atoms with van der Waals surface area (Å²) < 4.78 is 17.9. The van der Waals surface area contributed by atoms with Gasteiger partial charge in [-0.1, -0.05) is 32.0 Å². The number of piperidine rings is 1. The van der Waals surface area contributed by atoms with Crippen LogP contribution in [0.2, 0.25) is 0 Å². The first-order valence-corrected chi connectivity index (χ1v) is 18.1. The van der Waals surface area contributed by atoms with Crippen LogP contribution in [0.25, 0.3) is 11.1 Å². The van der Waals surface area contributed by atoms with Gasteiger partial charge in [-0.2, -0.15) is 4.98 Å². The molecule has 1 unspecified atom stereocenters. The molecule has 268 valence electrons. The van der Waals surface area contributed by atoms with Crippen LogP contribution in [0.15, 0.2) is 30.5 Å². The number of morpholine rings is 2. The molecule has 1 N–H and O–H groups in total. The molecule has 50 heavy (non-hydrogen) atoms. The highest BCUT2D eigenvalue weighted by atomic mass is 16.5. The number of anilines is 3. The van der Waals surface area contributed by atoms with Gasteiger partial charge in [0.25, 0.3) is 0 Å². The maximum Gasteiger partial charge on any atom is 0.337 e. The van der Waals surface area contributed by atoms with Crippen molar-refractivity contribution in [3.8, 4) is 11.1 Å². The number of carbonyl (C=O) groups is 1. The lowest BCUT2D eigenvalue weighted by Gasteiger charge is -2.46. The summed E-state index contributed by atoms with van der Waals surface area (Å²) >= 11 is 0. The Hall–Kier alpha value is -3.80. The van der Waals surface area contributed by atoms with Gasteiger partial charge in [0.1, 0.15) is 5.82 Å². The number of hydrogen-bond donors (Lipinski definition) is 1. The predicted molar refractivity (Wildman–Crippen MR) is 194 cm³/mol. The molecule has 0 saturated carbocycles. The fraction of sp³-hybridized carbons (Fsp3) is 0.590. The van der Waals surface area contributed by atoms with Gasteiger partial charge in [0.2, 0.25) is 5.95 Å². The summed E-state index contributed by atoms with van der Waals surface area (Å²) in [6, 6.07) is 9.01. The summed E-state index contributed by atoms with van der Waals surface area (Å²) in [4.78, 5) is 34.7. The van der Waals surface area contributed by atoms with E-state index >= 15 is 0 Å². The van der Waals surface area contributed by atoms with Crippen LogP contribution < -0.4 is 14.7 Å². The zero-order valence-electron chi connectivity index (χ0n) is 30.7. The summed E-state index contributed by atoms with van der Waals surface area (Å²) in [6.45, 7) is 20.1. The van der Waals surface area contributed by atoms with Gasteiger partial charge >= 0.3 is 5.97 Å². The third-order valence-electron chi connectivity index (χ3n) is 10.7. The first-order valence-electron chi connectivity index (χ1n) is 18.1. The summed E-state index contributed by atoms with van der Waals surface area (Å²) in [5, 5.41) is 10.6. The molecule has 2 bridgehead atoms. The predicted octanol–water partition coefficient (Wildman–Crippen LogP) is 5.89. The number of aromatic nitrogens is 3. The third kappa shape index (κ3) is 6.92. The van der Waals surface area contributed by atoms with E-state index in [1.54, 1.807) is 0 Å². The molecule has 2 aromatic heterocycles. The van der Waals surface area contributed by atoms with Crippen LogP contribution in [0.4, 0.5) is 17.5 Å². The SMILES string of the molecule is Cc1nc(C)c(C(OC(C)(C)C)C(=O)O)c(N2CCC(C)(C)CC2)c1-c1ccc2c(c1)CCN(c1nccc(N3C4COCC3COC4)n1)C2. The molecule has 0 amide bonds. The molecule has 11 heteroatoms. The number of hydrogen-bond acceptors (Lipinski definition) is 10. The number of aryl methyl sites for hydroxylation is 2. The molecular formula is C39H52N6O5. The van der Waals surface area contributed by atoms with Crippen molar-refractivity contribution in [1.29, 1.82) is 0 Å². The second-order valence-corrected chi connectivity index (χ2v) is 16.2. The standard InChI is InChI=1S/C39H52N6O5/c1-24-32(34(43-16-12-39(6,7)13-17-43)33(25(2)41-24)35(36(46)47)50-38(3,4)5)27-8-9-28-19-44(15-11-26(28)18-27)37-40-14-10-31(42-37)45-29-20-48-22-30(45)23-49-21-29/h8-10,14,18,29-30,35H,11-13,15-17,19-23H2,1-7H3,(H,46,47). The number of carboxylic acid groups (broad SMARTS) is 1. The van der Waals surface area contributed by atoms with E-state index < -0.39 is 17.7 Å². The van der Waals surface area contributed by atoms with Crippen LogP contribution in [-0.4, -0.2) is 89.8 Å². The van der Waals surface area contributed by atoms with Gasteiger partial charge in [-0.05, 0) is 82.1 Å².